The van der Waals surface area contributed by atoms with Crippen molar-refractivity contribution < 1.29 is 22.3 Å². The van der Waals surface area contributed by atoms with E-state index in [0.29, 0.717) is 18.7 Å². The zero-order valence-corrected chi connectivity index (χ0v) is 14.6. The molecule has 0 aliphatic heterocycles. The zero-order valence-electron chi connectivity index (χ0n) is 14.6. The normalized spacial score (nSPS) is 14.3. The number of nitrogens with zero attached hydrogens (tertiary/aromatic N) is 3. The van der Waals surface area contributed by atoms with E-state index in [-0.39, 0.29) is 17.6 Å². The third kappa shape index (κ3) is 4.48. The predicted molar refractivity (Wildman–Crippen MR) is 92.7 cm³/mol. The molecular weight excluding hydrogens is 376 g/mol. The number of hydrogen-bond acceptors (Lipinski definition) is 4. The second kappa shape index (κ2) is 7.23. The fourth-order valence-electron chi connectivity index (χ4n) is 2.60. The average molecular weight is 392 g/mol. The van der Waals surface area contributed by atoms with Crippen molar-refractivity contribution in [1.29, 1.82) is 0 Å². The first kappa shape index (κ1) is 18.4. The van der Waals surface area contributed by atoms with Crippen molar-refractivity contribution >= 4 is 0 Å². The predicted octanol–water partition coefficient (Wildman–Crippen LogP) is 4.47. The summed E-state index contributed by atoms with van der Waals surface area (Å²) in [7, 11) is 0. The molecule has 28 heavy (non-hydrogen) atoms. The molecule has 0 atom stereocenters. The van der Waals surface area contributed by atoms with Crippen LogP contribution in [0.3, 0.4) is 0 Å². The number of nitrogens with one attached hydrogen (secondary N) is 1. The van der Waals surface area contributed by atoms with Gasteiger partial charge in [-0.05, 0) is 36.6 Å². The molecule has 1 aromatic carbocycles. The Morgan fingerprint density at radius 3 is 2.68 bits per heavy atom. The number of alkyl halides is 3. The Kier molecular flexibility index (Phi) is 4.76. The van der Waals surface area contributed by atoms with E-state index in [2.05, 4.69) is 15.3 Å². The molecule has 1 aliphatic rings. The molecule has 1 aliphatic carbocycles. The van der Waals surface area contributed by atoms with Crippen LogP contribution in [0.25, 0.3) is 5.95 Å². The lowest BCUT2D eigenvalue weighted by Gasteiger charge is -2.11. The van der Waals surface area contributed by atoms with Crippen molar-refractivity contribution in [2.24, 2.45) is 0 Å². The van der Waals surface area contributed by atoms with E-state index in [1.165, 1.54) is 22.8 Å². The fraction of sp³-hybridized carbons (Fsp3) is 0.263. The molecule has 0 radical (unpaired) electrons. The van der Waals surface area contributed by atoms with E-state index >= 15 is 0 Å². The minimum atomic E-state index is -4.68. The Hall–Kier alpha value is -2.94. The van der Waals surface area contributed by atoms with Crippen LogP contribution < -0.4 is 10.1 Å². The molecule has 2 heterocycles. The van der Waals surface area contributed by atoms with E-state index in [1.54, 1.807) is 18.5 Å². The number of aromatic nitrogens is 3. The summed E-state index contributed by atoms with van der Waals surface area (Å²) in [4.78, 5) is 7.66. The topological polar surface area (TPSA) is 52.0 Å². The van der Waals surface area contributed by atoms with Crippen LogP contribution in [0, 0.1) is 5.82 Å². The lowest BCUT2D eigenvalue weighted by molar-refractivity contribution is -0.141. The van der Waals surface area contributed by atoms with Gasteiger partial charge in [-0.15, -0.1) is 0 Å². The Morgan fingerprint density at radius 2 is 1.96 bits per heavy atom. The van der Waals surface area contributed by atoms with Crippen LogP contribution in [0.5, 0.6) is 11.6 Å². The molecule has 0 amide bonds. The molecule has 0 saturated heterocycles. The van der Waals surface area contributed by atoms with Crippen LogP contribution in [0.4, 0.5) is 17.6 Å². The lowest BCUT2D eigenvalue weighted by Crippen LogP contribution is -2.15. The third-order valence-electron chi connectivity index (χ3n) is 4.16. The summed E-state index contributed by atoms with van der Waals surface area (Å²) in [6.45, 7) is 0.614. The summed E-state index contributed by atoms with van der Waals surface area (Å²) in [5.74, 6) is -1.03. The van der Waals surface area contributed by atoms with E-state index < -0.39 is 17.7 Å². The molecule has 0 bridgehead atoms. The van der Waals surface area contributed by atoms with Crippen LogP contribution in [-0.4, -0.2) is 20.6 Å². The quantitative estimate of drug-likeness (QED) is 0.629. The summed E-state index contributed by atoms with van der Waals surface area (Å²) >= 11 is 0. The van der Waals surface area contributed by atoms with Crippen LogP contribution in [0.2, 0.25) is 0 Å². The van der Waals surface area contributed by atoms with Crippen molar-refractivity contribution in [3.63, 3.8) is 0 Å². The van der Waals surface area contributed by atoms with E-state index in [9.17, 15) is 17.6 Å². The van der Waals surface area contributed by atoms with Gasteiger partial charge in [-0.1, -0.05) is 6.07 Å². The van der Waals surface area contributed by atoms with Gasteiger partial charge < -0.3 is 10.1 Å². The SMILES string of the molecule is Fc1cccc(Oc2cc(C(F)(F)F)nc(-n3ccc(CNC4CC4)c3)n2)c1. The first-order chi connectivity index (χ1) is 13.4. The molecular formula is C19H16F4N4O. The Morgan fingerprint density at radius 1 is 1.14 bits per heavy atom. The summed E-state index contributed by atoms with van der Waals surface area (Å²) in [5.41, 5.74) is -0.240. The second-order valence-corrected chi connectivity index (χ2v) is 6.53. The van der Waals surface area contributed by atoms with Gasteiger partial charge in [0.2, 0.25) is 11.8 Å². The summed E-state index contributed by atoms with van der Waals surface area (Å²) in [6, 6.07) is 8.07. The highest BCUT2D eigenvalue weighted by Gasteiger charge is 2.34. The molecule has 0 spiro atoms. The van der Waals surface area contributed by atoms with E-state index in [4.69, 9.17) is 4.74 Å². The van der Waals surface area contributed by atoms with Crippen molar-refractivity contribution in [2.75, 3.05) is 0 Å². The molecule has 4 rings (SSSR count). The van der Waals surface area contributed by atoms with Crippen LogP contribution in [0.1, 0.15) is 24.1 Å². The summed E-state index contributed by atoms with van der Waals surface area (Å²) in [5, 5.41) is 3.33. The fourth-order valence-corrected chi connectivity index (χ4v) is 2.60. The zero-order chi connectivity index (χ0) is 19.7. The van der Waals surface area contributed by atoms with Gasteiger partial charge in [0.25, 0.3) is 0 Å². The summed E-state index contributed by atoms with van der Waals surface area (Å²) < 4.78 is 59.8. The average Bonchev–Trinajstić information content (AvgIpc) is 3.35. The lowest BCUT2D eigenvalue weighted by atomic mass is 10.3. The molecule has 1 saturated carbocycles. The monoisotopic (exact) mass is 392 g/mol. The Labute approximate surface area is 158 Å². The minimum Gasteiger partial charge on any atom is -0.439 e. The number of benzene rings is 1. The maximum Gasteiger partial charge on any atom is 0.433 e. The van der Waals surface area contributed by atoms with E-state index in [1.807, 2.05) is 0 Å². The van der Waals surface area contributed by atoms with Crippen molar-refractivity contribution in [2.45, 2.75) is 31.6 Å². The van der Waals surface area contributed by atoms with Gasteiger partial charge in [0.1, 0.15) is 11.6 Å². The third-order valence-corrected chi connectivity index (χ3v) is 4.16. The van der Waals surface area contributed by atoms with Gasteiger partial charge >= 0.3 is 6.18 Å². The molecule has 1 N–H and O–H groups in total. The van der Waals surface area contributed by atoms with Gasteiger partial charge in [0, 0.05) is 37.1 Å². The van der Waals surface area contributed by atoms with Crippen LogP contribution in [0.15, 0.2) is 48.8 Å². The highest BCUT2D eigenvalue weighted by Crippen LogP contribution is 2.31. The second-order valence-electron chi connectivity index (χ2n) is 6.53. The van der Waals surface area contributed by atoms with Crippen LogP contribution >= 0.6 is 0 Å². The number of halogens is 4. The van der Waals surface area contributed by atoms with Crippen molar-refractivity contribution in [3.05, 3.63) is 65.9 Å². The number of hydrogen-bond donors (Lipinski definition) is 1. The van der Waals surface area contributed by atoms with Crippen molar-refractivity contribution in [3.8, 4) is 17.6 Å². The standard InChI is InChI=1S/C19H16F4N4O/c20-13-2-1-3-15(8-13)28-17-9-16(19(21,22)23)25-18(26-17)27-7-6-12(11-27)10-24-14-4-5-14/h1-3,6-9,11,14,24H,4-5,10H2. The smallest absolute Gasteiger partial charge is 0.433 e. The first-order valence-electron chi connectivity index (χ1n) is 8.67. The largest absolute Gasteiger partial charge is 0.439 e. The molecule has 9 heteroatoms. The van der Waals surface area contributed by atoms with Gasteiger partial charge in [-0.25, -0.2) is 9.37 Å². The number of rotatable bonds is 6. The molecule has 1 fully saturated rings. The van der Waals surface area contributed by atoms with Gasteiger partial charge in [-0.2, -0.15) is 18.2 Å². The van der Waals surface area contributed by atoms with Gasteiger partial charge in [0.15, 0.2) is 5.69 Å². The Balaban J connectivity index is 1.64. The molecule has 3 aromatic rings. The highest BCUT2D eigenvalue weighted by molar-refractivity contribution is 5.32. The maximum atomic E-state index is 13.3. The highest BCUT2D eigenvalue weighted by atomic mass is 19.4. The van der Waals surface area contributed by atoms with Crippen LogP contribution in [-0.2, 0) is 12.7 Å². The van der Waals surface area contributed by atoms with Gasteiger partial charge in [-0.3, -0.25) is 4.57 Å². The summed E-state index contributed by atoms with van der Waals surface area (Å²) in [6.07, 6.45) is 0.847. The Bertz CT molecular complexity index is 982. The minimum absolute atomic E-state index is 0.0413. The van der Waals surface area contributed by atoms with E-state index in [0.717, 1.165) is 24.5 Å². The maximum absolute atomic E-state index is 13.3. The number of ether oxygens (including phenoxy) is 1. The molecule has 0 unspecified atom stereocenters. The molecule has 5 nitrogen and oxygen atoms in total. The first-order valence-corrected chi connectivity index (χ1v) is 8.67. The molecule has 146 valence electrons. The van der Waals surface area contributed by atoms with Crippen molar-refractivity contribution in [1.82, 2.24) is 19.9 Å². The van der Waals surface area contributed by atoms with Gasteiger partial charge in [0.05, 0.1) is 0 Å². The molecule has 2 aromatic heterocycles.